The molecule has 3 heteroatoms. The molecule has 1 N–H and O–H groups in total. The summed E-state index contributed by atoms with van der Waals surface area (Å²) >= 11 is 0. The van der Waals surface area contributed by atoms with E-state index in [0.717, 1.165) is 12.3 Å². The number of likely N-dealkylation sites (tertiary alicyclic amines) is 1. The number of piperidine rings is 1. The number of ether oxygens (including phenoxy) is 1. The van der Waals surface area contributed by atoms with Crippen molar-refractivity contribution < 1.29 is 4.74 Å². The smallest absolute Gasteiger partial charge is 0.119 e. The van der Waals surface area contributed by atoms with E-state index in [1.807, 2.05) is 12.1 Å². The summed E-state index contributed by atoms with van der Waals surface area (Å²) < 4.78 is 5.50. The molecule has 0 unspecified atom stereocenters. The topological polar surface area (TPSA) is 24.5 Å². The van der Waals surface area contributed by atoms with Gasteiger partial charge in [-0.25, -0.2) is 0 Å². The van der Waals surface area contributed by atoms with Crippen LogP contribution >= 0.6 is 0 Å². The SMILES string of the molecule is C=CCOc1ccc(CNC2CCN(C(C)(C)C)CC2)cc1. The van der Waals surface area contributed by atoms with Crippen LogP contribution in [0.25, 0.3) is 0 Å². The highest BCUT2D eigenvalue weighted by atomic mass is 16.5. The van der Waals surface area contributed by atoms with Gasteiger partial charge in [0.2, 0.25) is 0 Å². The molecule has 2 rings (SSSR count). The Balaban J connectivity index is 1.73. The van der Waals surface area contributed by atoms with E-state index < -0.39 is 0 Å². The predicted molar refractivity (Wildman–Crippen MR) is 93.3 cm³/mol. The van der Waals surface area contributed by atoms with E-state index in [1.54, 1.807) is 6.08 Å². The average Bonchev–Trinajstić information content (AvgIpc) is 2.51. The summed E-state index contributed by atoms with van der Waals surface area (Å²) in [6.45, 7) is 14.4. The first kappa shape index (κ1) is 17.0. The second kappa shape index (κ2) is 7.80. The zero-order valence-electron chi connectivity index (χ0n) is 14.3. The number of hydrogen-bond acceptors (Lipinski definition) is 3. The first-order valence-corrected chi connectivity index (χ1v) is 8.30. The molecule has 1 heterocycles. The Hall–Kier alpha value is -1.32. The Kier molecular flexibility index (Phi) is 6.04. The van der Waals surface area contributed by atoms with Gasteiger partial charge < -0.3 is 10.1 Å². The second-order valence-electron chi connectivity index (χ2n) is 7.06. The van der Waals surface area contributed by atoms with E-state index in [-0.39, 0.29) is 0 Å². The average molecular weight is 302 g/mol. The fraction of sp³-hybridized carbons (Fsp3) is 0.579. The van der Waals surface area contributed by atoms with Gasteiger partial charge in [-0.15, -0.1) is 0 Å². The third-order valence-electron chi connectivity index (χ3n) is 4.33. The summed E-state index contributed by atoms with van der Waals surface area (Å²) in [6.07, 6.45) is 4.23. The van der Waals surface area contributed by atoms with Gasteiger partial charge >= 0.3 is 0 Å². The van der Waals surface area contributed by atoms with Crippen molar-refractivity contribution in [1.29, 1.82) is 0 Å². The van der Waals surface area contributed by atoms with Gasteiger partial charge in [-0.05, 0) is 51.3 Å². The first-order chi connectivity index (χ1) is 10.5. The predicted octanol–water partition coefficient (Wildman–Crippen LogP) is 3.60. The standard InChI is InChI=1S/C19H30N2O/c1-5-14-22-18-8-6-16(7-9-18)15-20-17-10-12-21(13-11-17)19(2,3)4/h5-9,17,20H,1,10-15H2,2-4H3. The summed E-state index contributed by atoms with van der Waals surface area (Å²) in [5.74, 6) is 0.905. The molecule has 1 aromatic rings. The van der Waals surface area contributed by atoms with Crippen LogP contribution in [0.2, 0.25) is 0 Å². The quantitative estimate of drug-likeness (QED) is 0.813. The van der Waals surface area contributed by atoms with Gasteiger partial charge in [-0.3, -0.25) is 4.90 Å². The van der Waals surface area contributed by atoms with Crippen LogP contribution in [0.4, 0.5) is 0 Å². The summed E-state index contributed by atoms with van der Waals surface area (Å²) in [5, 5.41) is 3.69. The van der Waals surface area contributed by atoms with Crippen LogP contribution in [0.5, 0.6) is 5.75 Å². The number of rotatable bonds is 6. The molecular formula is C19H30N2O. The highest BCUT2D eigenvalue weighted by Gasteiger charge is 2.26. The molecule has 1 saturated heterocycles. The molecule has 0 aliphatic carbocycles. The first-order valence-electron chi connectivity index (χ1n) is 8.30. The molecule has 1 aromatic carbocycles. The van der Waals surface area contributed by atoms with Crippen molar-refractivity contribution in [3.63, 3.8) is 0 Å². The van der Waals surface area contributed by atoms with Crippen molar-refractivity contribution in [2.75, 3.05) is 19.7 Å². The molecule has 0 saturated carbocycles. The fourth-order valence-electron chi connectivity index (χ4n) is 2.88. The number of nitrogens with zero attached hydrogens (tertiary/aromatic N) is 1. The van der Waals surface area contributed by atoms with Gasteiger partial charge in [0.1, 0.15) is 12.4 Å². The summed E-state index contributed by atoms with van der Waals surface area (Å²) in [5.41, 5.74) is 1.61. The lowest BCUT2D eigenvalue weighted by Crippen LogP contribution is -2.49. The Morgan fingerprint density at radius 2 is 1.86 bits per heavy atom. The van der Waals surface area contributed by atoms with Gasteiger partial charge in [-0.1, -0.05) is 24.8 Å². The highest BCUT2D eigenvalue weighted by molar-refractivity contribution is 5.27. The maximum absolute atomic E-state index is 5.50. The van der Waals surface area contributed by atoms with E-state index in [1.165, 1.54) is 31.5 Å². The van der Waals surface area contributed by atoms with Gasteiger partial charge in [-0.2, -0.15) is 0 Å². The Morgan fingerprint density at radius 1 is 1.23 bits per heavy atom. The molecule has 1 aliphatic heterocycles. The van der Waals surface area contributed by atoms with E-state index in [9.17, 15) is 0 Å². The molecule has 0 radical (unpaired) electrons. The maximum Gasteiger partial charge on any atom is 0.119 e. The lowest BCUT2D eigenvalue weighted by atomic mass is 9.98. The van der Waals surface area contributed by atoms with Gasteiger partial charge in [0.05, 0.1) is 0 Å². The van der Waals surface area contributed by atoms with Gasteiger partial charge in [0.25, 0.3) is 0 Å². The number of hydrogen-bond donors (Lipinski definition) is 1. The fourth-order valence-corrected chi connectivity index (χ4v) is 2.88. The van der Waals surface area contributed by atoms with Crippen LogP contribution in [0, 0.1) is 0 Å². The summed E-state index contributed by atoms with van der Waals surface area (Å²) in [6, 6.07) is 8.96. The normalized spacial score (nSPS) is 17.4. The van der Waals surface area contributed by atoms with Crippen molar-refractivity contribution in [3.8, 4) is 5.75 Å². The summed E-state index contributed by atoms with van der Waals surface area (Å²) in [4.78, 5) is 2.58. The molecule has 0 bridgehead atoms. The Bertz CT molecular complexity index is 453. The van der Waals surface area contributed by atoms with Crippen molar-refractivity contribution in [1.82, 2.24) is 10.2 Å². The van der Waals surface area contributed by atoms with E-state index >= 15 is 0 Å². The van der Waals surface area contributed by atoms with Crippen molar-refractivity contribution >= 4 is 0 Å². The molecule has 0 amide bonds. The van der Waals surface area contributed by atoms with E-state index in [2.05, 4.69) is 49.7 Å². The Morgan fingerprint density at radius 3 is 2.41 bits per heavy atom. The van der Waals surface area contributed by atoms with Crippen LogP contribution < -0.4 is 10.1 Å². The lowest BCUT2D eigenvalue weighted by Gasteiger charge is -2.41. The van der Waals surface area contributed by atoms with Crippen LogP contribution in [-0.2, 0) is 6.54 Å². The van der Waals surface area contributed by atoms with Crippen LogP contribution in [0.1, 0.15) is 39.2 Å². The van der Waals surface area contributed by atoms with Crippen molar-refractivity contribution in [3.05, 3.63) is 42.5 Å². The zero-order valence-corrected chi connectivity index (χ0v) is 14.3. The molecule has 0 spiro atoms. The number of benzene rings is 1. The Labute approximate surface area is 135 Å². The minimum Gasteiger partial charge on any atom is -0.490 e. The van der Waals surface area contributed by atoms with Crippen LogP contribution in [0.15, 0.2) is 36.9 Å². The molecule has 1 aliphatic rings. The molecule has 1 fully saturated rings. The van der Waals surface area contributed by atoms with Gasteiger partial charge in [0, 0.05) is 31.2 Å². The maximum atomic E-state index is 5.50. The molecular weight excluding hydrogens is 272 g/mol. The van der Waals surface area contributed by atoms with Crippen LogP contribution in [-0.4, -0.2) is 36.2 Å². The zero-order chi connectivity index (χ0) is 16.0. The van der Waals surface area contributed by atoms with Gasteiger partial charge in [0.15, 0.2) is 0 Å². The number of nitrogens with one attached hydrogen (secondary N) is 1. The second-order valence-corrected chi connectivity index (χ2v) is 7.06. The lowest BCUT2D eigenvalue weighted by molar-refractivity contribution is 0.0960. The molecule has 0 aromatic heterocycles. The third kappa shape index (κ3) is 5.15. The van der Waals surface area contributed by atoms with E-state index in [0.29, 0.717) is 18.2 Å². The molecule has 22 heavy (non-hydrogen) atoms. The minimum absolute atomic E-state index is 0.298. The van der Waals surface area contributed by atoms with Crippen molar-refractivity contribution in [2.45, 2.75) is 51.7 Å². The summed E-state index contributed by atoms with van der Waals surface area (Å²) in [7, 11) is 0. The molecule has 122 valence electrons. The monoisotopic (exact) mass is 302 g/mol. The van der Waals surface area contributed by atoms with Crippen LogP contribution in [0.3, 0.4) is 0 Å². The molecule has 0 atom stereocenters. The molecule has 3 nitrogen and oxygen atoms in total. The van der Waals surface area contributed by atoms with Crippen molar-refractivity contribution in [2.24, 2.45) is 0 Å². The van der Waals surface area contributed by atoms with E-state index in [4.69, 9.17) is 4.74 Å². The largest absolute Gasteiger partial charge is 0.490 e. The third-order valence-corrected chi connectivity index (χ3v) is 4.33. The highest BCUT2D eigenvalue weighted by Crippen LogP contribution is 2.20. The minimum atomic E-state index is 0.298.